The zero-order chi connectivity index (χ0) is 14.7. The minimum atomic E-state index is -0.407. The molecule has 0 fully saturated rings. The molecular weight excluding hydrogens is 299 g/mol. The van der Waals surface area contributed by atoms with E-state index >= 15 is 0 Å². The van der Waals surface area contributed by atoms with Gasteiger partial charge in [0.1, 0.15) is 0 Å². The van der Waals surface area contributed by atoms with Gasteiger partial charge in [0.05, 0.1) is 0 Å². The maximum Gasteiger partial charge on any atom is 0.252 e. The molecule has 0 aliphatic rings. The number of benzene rings is 1. The van der Waals surface area contributed by atoms with Crippen molar-refractivity contribution in [3.05, 3.63) is 35.9 Å². The minimum absolute atomic E-state index is 0. The van der Waals surface area contributed by atoms with Crippen LogP contribution in [0.2, 0.25) is 0 Å². The molecule has 0 saturated carbocycles. The molecule has 0 aromatic heterocycles. The van der Waals surface area contributed by atoms with Gasteiger partial charge in [-0.05, 0) is 25.4 Å². The highest BCUT2D eigenvalue weighted by atomic mass is 35.5. The quantitative estimate of drug-likeness (QED) is 0.508. The first kappa shape index (κ1) is 20.7. The average molecular weight is 319 g/mol. The van der Waals surface area contributed by atoms with Crippen LogP contribution in [0.25, 0.3) is 0 Å². The van der Waals surface area contributed by atoms with Gasteiger partial charge in [-0.2, -0.15) is 0 Å². The molecule has 0 saturated heterocycles. The van der Waals surface area contributed by atoms with Gasteiger partial charge in [-0.15, -0.1) is 12.4 Å². The topological polar surface area (TPSA) is 93.8 Å². The van der Waals surface area contributed by atoms with Crippen molar-refractivity contribution in [1.82, 2.24) is 0 Å². The van der Waals surface area contributed by atoms with E-state index in [0.717, 1.165) is 0 Å². The summed E-state index contributed by atoms with van der Waals surface area (Å²) >= 11 is 5.16. The summed E-state index contributed by atoms with van der Waals surface area (Å²) in [6.45, 7) is 5.08. The molecule has 0 amide bonds. The fourth-order valence-electron chi connectivity index (χ4n) is 1.07. The van der Waals surface area contributed by atoms with E-state index in [9.17, 15) is 4.79 Å². The van der Waals surface area contributed by atoms with Crippen molar-refractivity contribution in [2.75, 3.05) is 13.1 Å². The van der Waals surface area contributed by atoms with E-state index in [2.05, 4.69) is 9.98 Å². The van der Waals surface area contributed by atoms with E-state index < -0.39 is 5.24 Å². The van der Waals surface area contributed by atoms with Crippen LogP contribution >= 0.6 is 24.0 Å². The Bertz CT molecular complexity index is 429. The SMILES string of the molecule is CCN=C(N)C(N)=NCC.Cl.O=C(Cl)c1ccccc1. The third-order valence-corrected chi connectivity index (χ3v) is 2.14. The third kappa shape index (κ3) is 9.35. The van der Waals surface area contributed by atoms with E-state index in [4.69, 9.17) is 23.1 Å². The summed E-state index contributed by atoms with van der Waals surface area (Å²) in [5, 5.41) is -0.407. The molecule has 0 radical (unpaired) electrons. The molecule has 0 bridgehead atoms. The monoisotopic (exact) mass is 318 g/mol. The Balaban J connectivity index is 0. The summed E-state index contributed by atoms with van der Waals surface area (Å²) in [5.74, 6) is 0.675. The molecule has 112 valence electrons. The van der Waals surface area contributed by atoms with Crippen LogP contribution in [0.3, 0.4) is 0 Å². The van der Waals surface area contributed by atoms with Crippen LogP contribution < -0.4 is 11.5 Å². The molecule has 1 aromatic rings. The predicted octanol–water partition coefficient (Wildman–Crippen LogP) is 2.23. The van der Waals surface area contributed by atoms with Crippen LogP contribution in [-0.4, -0.2) is 30.0 Å². The number of nitrogens with zero attached hydrogens (tertiary/aromatic N) is 2. The molecule has 0 heterocycles. The maximum absolute atomic E-state index is 10.4. The van der Waals surface area contributed by atoms with Crippen molar-refractivity contribution < 1.29 is 4.79 Å². The van der Waals surface area contributed by atoms with Gasteiger partial charge in [0.25, 0.3) is 5.24 Å². The standard InChI is InChI=1S/C7H5ClO.C6H14N4.ClH/c8-7(9)6-4-2-1-3-5-6;1-3-9-5(7)6(8)10-4-2;/h1-5H;3-4H2,1-2H3,(H2,7,9)(H2,8,10);1H. The number of nitrogens with two attached hydrogens (primary N) is 2. The lowest BCUT2D eigenvalue weighted by Gasteiger charge is -1.96. The zero-order valence-electron chi connectivity index (χ0n) is 11.5. The van der Waals surface area contributed by atoms with Crippen LogP contribution in [0.4, 0.5) is 0 Å². The number of rotatable bonds is 3. The highest BCUT2D eigenvalue weighted by molar-refractivity contribution is 6.67. The van der Waals surface area contributed by atoms with Gasteiger partial charge in [-0.1, -0.05) is 30.3 Å². The molecule has 7 heteroatoms. The summed E-state index contributed by atoms with van der Waals surface area (Å²) in [7, 11) is 0. The number of amidine groups is 2. The van der Waals surface area contributed by atoms with Gasteiger partial charge in [-0.25, -0.2) is 0 Å². The summed E-state index contributed by atoms with van der Waals surface area (Å²) in [5.41, 5.74) is 11.4. The second-order valence-electron chi connectivity index (χ2n) is 3.36. The van der Waals surface area contributed by atoms with Crippen molar-refractivity contribution in [3.63, 3.8) is 0 Å². The Hall–Kier alpha value is -1.59. The van der Waals surface area contributed by atoms with Gasteiger partial charge >= 0.3 is 0 Å². The summed E-state index contributed by atoms with van der Waals surface area (Å²) in [6.07, 6.45) is 0. The Labute approximate surface area is 130 Å². The normalized spacial score (nSPS) is 10.9. The van der Waals surface area contributed by atoms with E-state index in [1.807, 2.05) is 19.9 Å². The summed E-state index contributed by atoms with van der Waals surface area (Å²) in [6, 6.07) is 8.74. The highest BCUT2D eigenvalue weighted by Crippen LogP contribution is 2.01. The molecule has 5 nitrogen and oxygen atoms in total. The summed E-state index contributed by atoms with van der Waals surface area (Å²) in [4.78, 5) is 18.2. The zero-order valence-corrected chi connectivity index (χ0v) is 13.1. The lowest BCUT2D eigenvalue weighted by Crippen LogP contribution is -2.31. The molecule has 0 atom stereocenters. The Kier molecular flexibility index (Phi) is 12.9. The molecule has 20 heavy (non-hydrogen) atoms. The van der Waals surface area contributed by atoms with Crippen LogP contribution in [0.1, 0.15) is 24.2 Å². The third-order valence-electron chi connectivity index (χ3n) is 1.92. The Morgan fingerprint density at radius 3 is 1.70 bits per heavy atom. The fraction of sp³-hybridized carbons (Fsp3) is 0.308. The number of aliphatic imine (C=N–C) groups is 2. The molecule has 1 rings (SSSR count). The van der Waals surface area contributed by atoms with Crippen LogP contribution in [0.15, 0.2) is 40.3 Å². The van der Waals surface area contributed by atoms with Crippen LogP contribution in [-0.2, 0) is 0 Å². The number of hydrogen-bond donors (Lipinski definition) is 2. The first-order valence-electron chi connectivity index (χ1n) is 5.88. The predicted molar refractivity (Wildman–Crippen MR) is 88.2 cm³/mol. The van der Waals surface area contributed by atoms with Crippen molar-refractivity contribution in [2.45, 2.75) is 13.8 Å². The Morgan fingerprint density at radius 2 is 1.45 bits per heavy atom. The molecule has 0 aliphatic carbocycles. The molecule has 0 spiro atoms. The van der Waals surface area contributed by atoms with E-state index in [-0.39, 0.29) is 12.4 Å². The molecule has 4 N–H and O–H groups in total. The van der Waals surface area contributed by atoms with E-state index in [0.29, 0.717) is 30.3 Å². The van der Waals surface area contributed by atoms with Gasteiger partial charge in [-0.3, -0.25) is 14.8 Å². The fourth-order valence-corrected chi connectivity index (χ4v) is 1.20. The van der Waals surface area contributed by atoms with Crippen molar-refractivity contribution >= 4 is 40.9 Å². The first-order valence-corrected chi connectivity index (χ1v) is 6.25. The molecule has 0 unspecified atom stereocenters. The second-order valence-corrected chi connectivity index (χ2v) is 3.70. The van der Waals surface area contributed by atoms with Crippen molar-refractivity contribution in [1.29, 1.82) is 0 Å². The molecule has 1 aromatic carbocycles. The number of carbonyl (C=O) groups excluding carboxylic acids is 1. The lowest BCUT2D eigenvalue weighted by atomic mass is 10.2. The minimum Gasteiger partial charge on any atom is -0.381 e. The van der Waals surface area contributed by atoms with Gasteiger partial charge in [0, 0.05) is 18.7 Å². The number of carbonyl (C=O) groups is 1. The highest BCUT2D eigenvalue weighted by Gasteiger charge is 1.96. The summed E-state index contributed by atoms with van der Waals surface area (Å²) < 4.78 is 0. The van der Waals surface area contributed by atoms with E-state index in [1.165, 1.54) is 0 Å². The van der Waals surface area contributed by atoms with Gasteiger partial charge < -0.3 is 11.5 Å². The number of halogens is 2. The van der Waals surface area contributed by atoms with Crippen molar-refractivity contribution in [2.24, 2.45) is 21.5 Å². The average Bonchev–Trinajstić information content (AvgIpc) is 2.41. The maximum atomic E-state index is 10.4. The van der Waals surface area contributed by atoms with E-state index in [1.54, 1.807) is 24.3 Å². The molecule has 0 aliphatic heterocycles. The number of hydrogen-bond acceptors (Lipinski definition) is 3. The largest absolute Gasteiger partial charge is 0.381 e. The van der Waals surface area contributed by atoms with Crippen molar-refractivity contribution in [3.8, 4) is 0 Å². The van der Waals surface area contributed by atoms with Gasteiger partial charge in [0.2, 0.25) is 0 Å². The molecular formula is C13H20Cl2N4O. The smallest absolute Gasteiger partial charge is 0.252 e. The van der Waals surface area contributed by atoms with Crippen LogP contribution in [0.5, 0.6) is 0 Å². The second kappa shape index (κ2) is 12.4. The lowest BCUT2D eigenvalue weighted by molar-refractivity contribution is 0.108. The Morgan fingerprint density at radius 1 is 1.05 bits per heavy atom. The van der Waals surface area contributed by atoms with Gasteiger partial charge in [0.15, 0.2) is 11.7 Å². The van der Waals surface area contributed by atoms with Crippen LogP contribution in [0, 0.1) is 0 Å². The first-order chi connectivity index (χ1) is 9.02.